The smallest absolute Gasteiger partial charge is 0.225 e. The van der Waals surface area contributed by atoms with Gasteiger partial charge in [-0.25, -0.2) is 4.98 Å². The van der Waals surface area contributed by atoms with E-state index in [1.165, 1.54) is 0 Å². The number of nitrogens with one attached hydrogen (secondary N) is 1. The monoisotopic (exact) mass is 370 g/mol. The van der Waals surface area contributed by atoms with E-state index >= 15 is 0 Å². The second kappa shape index (κ2) is 8.51. The first-order valence-electron chi connectivity index (χ1n) is 7.63. The number of amides is 1. The quantitative estimate of drug-likeness (QED) is 0.898. The Bertz CT molecular complexity index is 721. The zero-order chi connectivity index (χ0) is 15.7. The maximum absolute atomic E-state index is 12.3. The van der Waals surface area contributed by atoms with Gasteiger partial charge in [0.2, 0.25) is 5.91 Å². The van der Waals surface area contributed by atoms with E-state index in [-0.39, 0.29) is 30.7 Å². The van der Waals surface area contributed by atoms with Gasteiger partial charge < -0.3 is 15.1 Å². The van der Waals surface area contributed by atoms with Crippen molar-refractivity contribution in [3.8, 4) is 0 Å². The van der Waals surface area contributed by atoms with E-state index in [1.54, 1.807) is 0 Å². The number of benzene rings is 1. The molecule has 1 aromatic heterocycles. The molecule has 1 aliphatic heterocycles. The maximum atomic E-state index is 12.3. The number of hydrogen-bond donors (Lipinski definition) is 1. The number of para-hydroxylation sites is 1. The lowest BCUT2D eigenvalue weighted by molar-refractivity contribution is -0.116. The highest BCUT2D eigenvalue weighted by atomic mass is 35.5. The number of nitrogens with zero attached hydrogens (tertiary/aromatic N) is 3. The second-order valence-electron chi connectivity index (χ2n) is 6.08. The summed E-state index contributed by atoms with van der Waals surface area (Å²) in [4.78, 5) is 21.2. The number of fused-ring (bicyclic) bond motifs is 2. The molecule has 0 atom stereocenters. The summed E-state index contributed by atoms with van der Waals surface area (Å²) in [6.45, 7) is 1.69. The summed E-state index contributed by atoms with van der Waals surface area (Å²) in [6, 6.07) is 8.00. The molecule has 5 nitrogen and oxygen atoms in total. The molecular formula is C17H24Cl2N4O. The number of hydrogen-bond acceptors (Lipinski definition) is 4. The summed E-state index contributed by atoms with van der Waals surface area (Å²) in [5.74, 6) is 1.04. The van der Waals surface area contributed by atoms with Crippen molar-refractivity contribution in [2.45, 2.75) is 12.8 Å². The van der Waals surface area contributed by atoms with Gasteiger partial charge in [-0.05, 0) is 26.6 Å². The van der Waals surface area contributed by atoms with Crippen molar-refractivity contribution in [1.82, 2.24) is 9.88 Å². The van der Waals surface area contributed by atoms with Crippen molar-refractivity contribution < 1.29 is 4.79 Å². The number of likely N-dealkylation sites (N-methyl/N-ethyl adjacent to an activating group) is 1. The molecule has 0 bridgehead atoms. The molecule has 0 fully saturated rings. The average Bonchev–Trinajstić information content (AvgIpc) is 2.86. The van der Waals surface area contributed by atoms with Crippen LogP contribution in [0.15, 0.2) is 24.3 Å². The van der Waals surface area contributed by atoms with Gasteiger partial charge >= 0.3 is 0 Å². The van der Waals surface area contributed by atoms with Gasteiger partial charge in [-0.2, -0.15) is 0 Å². The van der Waals surface area contributed by atoms with Crippen LogP contribution >= 0.6 is 24.8 Å². The Labute approximate surface area is 155 Å². The Morgan fingerprint density at radius 2 is 2.00 bits per heavy atom. The number of carbonyl (C=O) groups is 1. The lowest BCUT2D eigenvalue weighted by Gasteiger charge is -2.16. The van der Waals surface area contributed by atoms with Gasteiger partial charge in [-0.1, -0.05) is 18.2 Å². The molecule has 3 rings (SSSR count). The maximum Gasteiger partial charge on any atom is 0.225 e. The fourth-order valence-corrected chi connectivity index (χ4v) is 2.85. The van der Waals surface area contributed by atoms with Crippen LogP contribution in [0.5, 0.6) is 0 Å². The topological polar surface area (TPSA) is 48.5 Å². The van der Waals surface area contributed by atoms with E-state index in [1.807, 2.05) is 50.3 Å². The average molecular weight is 371 g/mol. The molecule has 0 unspecified atom stereocenters. The van der Waals surface area contributed by atoms with Crippen LogP contribution in [0.25, 0.3) is 10.9 Å². The molecule has 1 amide bonds. The van der Waals surface area contributed by atoms with Gasteiger partial charge in [0.1, 0.15) is 5.82 Å². The molecule has 0 radical (unpaired) electrons. The Kier molecular flexibility index (Phi) is 7.27. The molecule has 0 aliphatic carbocycles. The van der Waals surface area contributed by atoms with Gasteiger partial charge in [0.25, 0.3) is 0 Å². The van der Waals surface area contributed by atoms with Crippen molar-refractivity contribution >= 4 is 53.1 Å². The Balaban J connectivity index is 0.00000144. The van der Waals surface area contributed by atoms with E-state index in [0.717, 1.165) is 47.5 Å². The summed E-state index contributed by atoms with van der Waals surface area (Å²) in [6.07, 6.45) is 1.42. The molecule has 0 saturated carbocycles. The van der Waals surface area contributed by atoms with Crippen molar-refractivity contribution in [1.29, 1.82) is 0 Å². The number of rotatable bonds is 4. The van der Waals surface area contributed by atoms with E-state index in [9.17, 15) is 4.79 Å². The Hall–Kier alpha value is -1.56. The minimum absolute atomic E-state index is 0. The molecule has 24 heavy (non-hydrogen) atoms. The largest absolute Gasteiger partial charge is 0.359 e. The highest BCUT2D eigenvalue weighted by molar-refractivity contribution is 6.04. The van der Waals surface area contributed by atoms with Crippen LogP contribution < -0.4 is 10.2 Å². The Morgan fingerprint density at radius 1 is 1.29 bits per heavy atom. The first kappa shape index (κ1) is 20.5. The normalized spacial score (nSPS) is 12.6. The Morgan fingerprint density at radius 3 is 2.71 bits per heavy atom. The second-order valence-corrected chi connectivity index (χ2v) is 6.08. The van der Waals surface area contributed by atoms with Crippen molar-refractivity contribution in [3.63, 3.8) is 0 Å². The number of halogens is 2. The first-order valence-corrected chi connectivity index (χ1v) is 7.63. The molecule has 0 spiro atoms. The number of aromatic nitrogens is 1. The fourth-order valence-electron chi connectivity index (χ4n) is 2.85. The van der Waals surface area contributed by atoms with Crippen LogP contribution in [-0.4, -0.2) is 50.0 Å². The lowest BCUT2D eigenvalue weighted by atomic mass is 10.1. The summed E-state index contributed by atoms with van der Waals surface area (Å²) in [7, 11) is 5.99. The van der Waals surface area contributed by atoms with Gasteiger partial charge in [-0.3, -0.25) is 4.79 Å². The third-order valence-corrected chi connectivity index (χ3v) is 4.08. The predicted molar refractivity (Wildman–Crippen MR) is 105 cm³/mol. The van der Waals surface area contributed by atoms with Crippen molar-refractivity contribution in [3.05, 3.63) is 29.8 Å². The standard InChI is InChI=1S/C17H22N4O.2ClH/c1-20(2)10-9-15(22)19-16-12-6-4-5-7-14(12)18-17-13(16)8-11-21(17)3;;/h4-7H,8-11H2,1-3H3,(H,18,19,22);2*1H. The number of pyridine rings is 1. The molecule has 2 aromatic rings. The van der Waals surface area contributed by atoms with E-state index in [2.05, 4.69) is 10.2 Å². The minimum atomic E-state index is 0. The zero-order valence-corrected chi connectivity index (χ0v) is 15.8. The molecule has 1 N–H and O–H groups in total. The van der Waals surface area contributed by atoms with Gasteiger partial charge in [-0.15, -0.1) is 24.8 Å². The molecule has 132 valence electrons. The van der Waals surface area contributed by atoms with Gasteiger partial charge in [0.15, 0.2) is 0 Å². The van der Waals surface area contributed by atoms with Crippen LogP contribution in [-0.2, 0) is 11.2 Å². The SMILES string of the molecule is CN(C)CCC(=O)Nc1c2c(nc3ccccc13)N(C)CC2.Cl.Cl. The predicted octanol–water partition coefficient (Wildman–Crippen LogP) is 2.96. The van der Waals surface area contributed by atoms with E-state index in [4.69, 9.17) is 4.98 Å². The zero-order valence-electron chi connectivity index (χ0n) is 14.2. The highest BCUT2D eigenvalue weighted by Crippen LogP contribution is 2.36. The van der Waals surface area contributed by atoms with Crippen LogP contribution in [0.1, 0.15) is 12.0 Å². The molecule has 7 heteroatoms. The summed E-state index contributed by atoms with van der Waals surface area (Å²) >= 11 is 0. The van der Waals surface area contributed by atoms with Crippen LogP contribution in [0, 0.1) is 0 Å². The number of anilines is 2. The van der Waals surface area contributed by atoms with Crippen molar-refractivity contribution in [2.24, 2.45) is 0 Å². The molecular weight excluding hydrogens is 347 g/mol. The van der Waals surface area contributed by atoms with Crippen molar-refractivity contribution in [2.75, 3.05) is 44.4 Å². The number of carbonyl (C=O) groups excluding carboxylic acids is 1. The fraction of sp³-hybridized carbons (Fsp3) is 0.412. The third kappa shape index (κ3) is 4.09. The molecule has 1 aromatic carbocycles. The summed E-state index contributed by atoms with van der Waals surface area (Å²) in [5, 5.41) is 4.15. The van der Waals surface area contributed by atoms with Crippen LogP contribution in [0.2, 0.25) is 0 Å². The van der Waals surface area contributed by atoms with Gasteiger partial charge in [0, 0.05) is 37.5 Å². The summed E-state index contributed by atoms with van der Waals surface area (Å²) in [5.41, 5.74) is 3.02. The summed E-state index contributed by atoms with van der Waals surface area (Å²) < 4.78 is 0. The van der Waals surface area contributed by atoms with Crippen LogP contribution in [0.3, 0.4) is 0 Å². The van der Waals surface area contributed by atoms with Crippen LogP contribution in [0.4, 0.5) is 11.5 Å². The minimum Gasteiger partial charge on any atom is -0.359 e. The lowest BCUT2D eigenvalue weighted by Crippen LogP contribution is -2.21. The highest BCUT2D eigenvalue weighted by Gasteiger charge is 2.24. The molecule has 1 aliphatic rings. The van der Waals surface area contributed by atoms with E-state index in [0.29, 0.717) is 6.42 Å². The third-order valence-electron chi connectivity index (χ3n) is 4.08. The first-order chi connectivity index (χ1) is 10.6. The van der Waals surface area contributed by atoms with Gasteiger partial charge in [0.05, 0.1) is 11.2 Å². The van der Waals surface area contributed by atoms with E-state index < -0.39 is 0 Å². The molecule has 2 heterocycles. The molecule has 0 saturated heterocycles.